The van der Waals surface area contributed by atoms with E-state index in [-0.39, 0.29) is 12.6 Å². The lowest BCUT2D eigenvalue weighted by molar-refractivity contribution is -0.140. The average molecular weight is 260 g/mol. The van der Waals surface area contributed by atoms with Crippen molar-refractivity contribution in [2.24, 2.45) is 0 Å². The zero-order valence-corrected chi connectivity index (χ0v) is 11.6. The van der Waals surface area contributed by atoms with E-state index in [0.717, 1.165) is 0 Å². The molecule has 0 atom stereocenters. The molecule has 0 spiro atoms. The van der Waals surface area contributed by atoms with Crippen LogP contribution in [0.15, 0.2) is 11.6 Å². The summed E-state index contributed by atoms with van der Waals surface area (Å²) < 4.78 is 20.6. The summed E-state index contributed by atoms with van der Waals surface area (Å²) in [6.45, 7) is 9.02. The van der Waals surface area contributed by atoms with E-state index in [1.54, 1.807) is 19.9 Å². The number of hydrogen-bond acceptors (Lipinski definition) is 5. The van der Waals surface area contributed by atoms with Crippen molar-refractivity contribution < 1.29 is 23.7 Å². The SMILES string of the molecule is C/C=C(\C)C(=O)OCCOCCOCCOCC. The van der Waals surface area contributed by atoms with Gasteiger partial charge in [-0.1, -0.05) is 6.08 Å². The van der Waals surface area contributed by atoms with Crippen LogP contribution in [0, 0.1) is 0 Å². The summed E-state index contributed by atoms with van der Waals surface area (Å²) >= 11 is 0. The molecule has 0 bridgehead atoms. The van der Waals surface area contributed by atoms with Crippen LogP contribution in [0.25, 0.3) is 0 Å². The maximum Gasteiger partial charge on any atom is 0.333 e. The van der Waals surface area contributed by atoms with E-state index >= 15 is 0 Å². The molecule has 18 heavy (non-hydrogen) atoms. The Balaban J connectivity index is 3.19. The molecule has 0 unspecified atom stereocenters. The van der Waals surface area contributed by atoms with Crippen molar-refractivity contribution in [3.05, 3.63) is 11.6 Å². The number of carbonyl (C=O) groups excluding carboxylic acids is 1. The fourth-order valence-corrected chi connectivity index (χ4v) is 1.01. The summed E-state index contributed by atoms with van der Waals surface area (Å²) in [6, 6.07) is 0. The van der Waals surface area contributed by atoms with Crippen molar-refractivity contribution in [1.82, 2.24) is 0 Å². The summed E-state index contributed by atoms with van der Waals surface area (Å²) in [5.41, 5.74) is 0.606. The van der Waals surface area contributed by atoms with Crippen molar-refractivity contribution in [2.45, 2.75) is 20.8 Å². The van der Waals surface area contributed by atoms with Gasteiger partial charge in [0.1, 0.15) is 6.61 Å². The van der Waals surface area contributed by atoms with Crippen LogP contribution in [0.4, 0.5) is 0 Å². The number of rotatable bonds is 11. The molecule has 0 aromatic rings. The van der Waals surface area contributed by atoms with Gasteiger partial charge in [-0.05, 0) is 20.8 Å². The minimum Gasteiger partial charge on any atom is -0.460 e. The lowest BCUT2D eigenvalue weighted by Crippen LogP contribution is -2.14. The Morgan fingerprint density at radius 3 is 1.94 bits per heavy atom. The molecule has 0 N–H and O–H groups in total. The number of esters is 1. The van der Waals surface area contributed by atoms with E-state index in [1.807, 2.05) is 6.92 Å². The van der Waals surface area contributed by atoms with E-state index in [1.165, 1.54) is 0 Å². The Hall–Kier alpha value is -0.910. The van der Waals surface area contributed by atoms with Crippen LogP contribution >= 0.6 is 0 Å². The van der Waals surface area contributed by atoms with Crippen LogP contribution in [0.2, 0.25) is 0 Å². The summed E-state index contributed by atoms with van der Waals surface area (Å²) in [5.74, 6) is -0.297. The van der Waals surface area contributed by atoms with Crippen LogP contribution in [0.3, 0.4) is 0 Å². The summed E-state index contributed by atoms with van der Waals surface area (Å²) in [5, 5.41) is 0. The van der Waals surface area contributed by atoms with E-state index in [2.05, 4.69) is 0 Å². The fourth-order valence-electron chi connectivity index (χ4n) is 1.01. The first kappa shape index (κ1) is 17.1. The van der Waals surface area contributed by atoms with Gasteiger partial charge in [0.25, 0.3) is 0 Å². The summed E-state index contributed by atoms with van der Waals surface area (Å²) in [6.07, 6.45) is 1.72. The first-order chi connectivity index (χ1) is 8.72. The van der Waals surface area contributed by atoms with E-state index in [9.17, 15) is 4.79 Å². The highest BCUT2D eigenvalue weighted by Gasteiger charge is 2.03. The Bertz CT molecular complexity index is 238. The molecule has 0 heterocycles. The molecule has 0 saturated heterocycles. The predicted octanol–water partition coefficient (Wildman–Crippen LogP) is 1.57. The van der Waals surface area contributed by atoms with Gasteiger partial charge in [0.05, 0.1) is 33.0 Å². The quantitative estimate of drug-likeness (QED) is 0.320. The zero-order chi connectivity index (χ0) is 13.6. The molecule has 5 heteroatoms. The number of allylic oxidation sites excluding steroid dienone is 1. The summed E-state index contributed by atoms with van der Waals surface area (Å²) in [7, 11) is 0. The molecule has 0 aliphatic carbocycles. The van der Waals surface area contributed by atoms with Crippen LogP contribution in [0.5, 0.6) is 0 Å². The van der Waals surface area contributed by atoms with Crippen molar-refractivity contribution in [3.8, 4) is 0 Å². The van der Waals surface area contributed by atoms with E-state index < -0.39 is 0 Å². The standard InChI is InChI=1S/C13H24O5/c1-4-12(3)13(14)18-11-10-17-9-8-16-7-6-15-5-2/h4H,5-11H2,1-3H3/b12-4+. The molecule has 0 amide bonds. The van der Waals surface area contributed by atoms with Crippen molar-refractivity contribution in [2.75, 3.05) is 46.2 Å². The van der Waals surface area contributed by atoms with Gasteiger partial charge in [-0.15, -0.1) is 0 Å². The Morgan fingerprint density at radius 2 is 1.44 bits per heavy atom. The van der Waals surface area contributed by atoms with E-state index in [0.29, 0.717) is 45.2 Å². The van der Waals surface area contributed by atoms with Gasteiger partial charge in [0.2, 0.25) is 0 Å². The minimum absolute atomic E-state index is 0.267. The molecule has 0 radical (unpaired) electrons. The van der Waals surface area contributed by atoms with Crippen molar-refractivity contribution in [1.29, 1.82) is 0 Å². The first-order valence-electron chi connectivity index (χ1n) is 6.25. The normalized spacial score (nSPS) is 11.6. The third kappa shape index (κ3) is 10.3. The van der Waals surface area contributed by atoms with Crippen molar-refractivity contribution >= 4 is 5.97 Å². The van der Waals surface area contributed by atoms with Gasteiger partial charge in [-0.3, -0.25) is 0 Å². The molecule has 0 aliphatic heterocycles. The smallest absolute Gasteiger partial charge is 0.333 e. The largest absolute Gasteiger partial charge is 0.460 e. The van der Waals surface area contributed by atoms with Gasteiger partial charge in [0, 0.05) is 12.2 Å². The zero-order valence-electron chi connectivity index (χ0n) is 11.6. The average Bonchev–Trinajstić information content (AvgIpc) is 2.39. The van der Waals surface area contributed by atoms with Crippen LogP contribution in [0.1, 0.15) is 20.8 Å². The maximum absolute atomic E-state index is 11.2. The second kappa shape index (κ2) is 12.5. The number of ether oxygens (including phenoxy) is 4. The molecule has 0 fully saturated rings. The molecular weight excluding hydrogens is 236 g/mol. The molecule has 0 aromatic carbocycles. The second-order valence-electron chi connectivity index (χ2n) is 3.53. The van der Waals surface area contributed by atoms with Gasteiger partial charge in [0.15, 0.2) is 0 Å². The monoisotopic (exact) mass is 260 g/mol. The highest BCUT2D eigenvalue weighted by Crippen LogP contribution is 1.95. The van der Waals surface area contributed by atoms with Gasteiger partial charge < -0.3 is 18.9 Å². The molecule has 5 nitrogen and oxygen atoms in total. The number of carbonyl (C=O) groups is 1. The Labute approximate surface area is 109 Å². The highest BCUT2D eigenvalue weighted by atomic mass is 16.6. The Morgan fingerprint density at radius 1 is 0.944 bits per heavy atom. The maximum atomic E-state index is 11.2. The van der Waals surface area contributed by atoms with Gasteiger partial charge >= 0.3 is 5.97 Å². The molecule has 0 rings (SSSR count). The summed E-state index contributed by atoms with van der Waals surface area (Å²) in [4.78, 5) is 11.2. The van der Waals surface area contributed by atoms with E-state index in [4.69, 9.17) is 18.9 Å². The topological polar surface area (TPSA) is 54.0 Å². The molecule has 0 saturated carbocycles. The molecule has 0 aliphatic rings. The van der Waals surface area contributed by atoms with Gasteiger partial charge in [-0.25, -0.2) is 4.79 Å². The van der Waals surface area contributed by atoms with Gasteiger partial charge in [-0.2, -0.15) is 0 Å². The van der Waals surface area contributed by atoms with Crippen LogP contribution in [-0.4, -0.2) is 52.2 Å². The molecule has 106 valence electrons. The third-order valence-electron chi connectivity index (χ3n) is 2.16. The Kier molecular flexibility index (Phi) is 11.9. The highest BCUT2D eigenvalue weighted by molar-refractivity contribution is 5.87. The molecule has 0 aromatic heterocycles. The van der Waals surface area contributed by atoms with Crippen LogP contribution in [-0.2, 0) is 23.7 Å². The first-order valence-corrected chi connectivity index (χ1v) is 6.25. The predicted molar refractivity (Wildman–Crippen MR) is 68.5 cm³/mol. The number of hydrogen-bond donors (Lipinski definition) is 0. The second-order valence-corrected chi connectivity index (χ2v) is 3.53. The van der Waals surface area contributed by atoms with Crippen molar-refractivity contribution in [3.63, 3.8) is 0 Å². The molecular formula is C13H24O5. The lowest BCUT2D eigenvalue weighted by Gasteiger charge is -2.07. The third-order valence-corrected chi connectivity index (χ3v) is 2.16. The lowest BCUT2D eigenvalue weighted by atomic mass is 10.3. The fraction of sp³-hybridized carbons (Fsp3) is 0.769. The minimum atomic E-state index is -0.297. The van der Waals surface area contributed by atoms with Crippen LogP contribution < -0.4 is 0 Å².